The third kappa shape index (κ3) is 1.93. The van der Waals surface area contributed by atoms with Crippen LogP contribution in [0.5, 0.6) is 0 Å². The van der Waals surface area contributed by atoms with Crippen molar-refractivity contribution in [1.29, 1.82) is 0 Å². The molecule has 0 amide bonds. The van der Waals surface area contributed by atoms with E-state index in [1.165, 1.54) is 5.56 Å². The van der Waals surface area contributed by atoms with Crippen molar-refractivity contribution in [3.63, 3.8) is 0 Å². The van der Waals surface area contributed by atoms with Gasteiger partial charge >= 0.3 is 0 Å². The Balaban J connectivity index is 2.04. The van der Waals surface area contributed by atoms with Gasteiger partial charge in [-0.3, -0.25) is 0 Å². The molecule has 18 heavy (non-hydrogen) atoms. The fourth-order valence-corrected chi connectivity index (χ4v) is 2.98. The summed E-state index contributed by atoms with van der Waals surface area (Å²) in [6.07, 6.45) is 3.78. The molecule has 1 aliphatic carbocycles. The summed E-state index contributed by atoms with van der Waals surface area (Å²) in [5.41, 5.74) is 4.38. The van der Waals surface area contributed by atoms with E-state index in [9.17, 15) is 5.11 Å². The van der Waals surface area contributed by atoms with Crippen LogP contribution in [-0.2, 0) is 0 Å². The minimum Gasteiger partial charge on any atom is -0.441 e. The summed E-state index contributed by atoms with van der Waals surface area (Å²) >= 11 is 0. The zero-order chi connectivity index (χ0) is 12.7. The highest BCUT2D eigenvalue weighted by atomic mass is 16.3. The Hall–Kier alpha value is -1.35. The molecular weight excluding hydrogens is 226 g/mol. The molecule has 0 aliphatic heterocycles. The van der Waals surface area contributed by atoms with Gasteiger partial charge in [-0.05, 0) is 49.7 Å². The molecule has 1 aliphatic rings. The molecule has 3 heteroatoms. The molecule has 1 aromatic heterocycles. The van der Waals surface area contributed by atoms with E-state index in [-0.39, 0.29) is 6.10 Å². The zero-order valence-electron chi connectivity index (χ0n) is 10.9. The van der Waals surface area contributed by atoms with Gasteiger partial charge in [0.2, 0.25) is 0 Å². The van der Waals surface area contributed by atoms with E-state index >= 15 is 0 Å². The Morgan fingerprint density at radius 2 is 1.89 bits per heavy atom. The van der Waals surface area contributed by atoms with E-state index < -0.39 is 0 Å². The van der Waals surface area contributed by atoms with Crippen LogP contribution in [0.2, 0.25) is 0 Å². The molecule has 0 radical (unpaired) electrons. The molecule has 1 heterocycles. The first kappa shape index (κ1) is 11.7. The average Bonchev–Trinajstić information content (AvgIpc) is 2.74. The first-order valence-electron chi connectivity index (χ1n) is 6.70. The number of rotatable bonds is 1. The Morgan fingerprint density at radius 3 is 2.61 bits per heavy atom. The fourth-order valence-electron chi connectivity index (χ4n) is 2.98. The number of hydrogen-bond acceptors (Lipinski definition) is 3. The first-order valence-corrected chi connectivity index (χ1v) is 6.70. The van der Waals surface area contributed by atoms with Gasteiger partial charge in [0.1, 0.15) is 5.52 Å². The third-order valence-corrected chi connectivity index (χ3v) is 4.02. The number of benzene rings is 1. The van der Waals surface area contributed by atoms with Crippen LogP contribution in [0, 0.1) is 13.8 Å². The van der Waals surface area contributed by atoms with Crippen LogP contribution in [0.1, 0.15) is 48.6 Å². The van der Waals surface area contributed by atoms with Crippen molar-refractivity contribution in [1.82, 2.24) is 4.98 Å². The molecule has 1 saturated carbocycles. The summed E-state index contributed by atoms with van der Waals surface area (Å²) in [6.45, 7) is 3.95. The maximum absolute atomic E-state index is 9.60. The minimum absolute atomic E-state index is 0.110. The van der Waals surface area contributed by atoms with Crippen molar-refractivity contribution < 1.29 is 9.52 Å². The fraction of sp³-hybridized carbons (Fsp3) is 0.533. The van der Waals surface area contributed by atoms with E-state index in [0.29, 0.717) is 5.92 Å². The van der Waals surface area contributed by atoms with Crippen molar-refractivity contribution >= 4 is 11.1 Å². The highest BCUT2D eigenvalue weighted by Gasteiger charge is 2.24. The van der Waals surface area contributed by atoms with E-state index in [2.05, 4.69) is 24.0 Å². The van der Waals surface area contributed by atoms with Gasteiger partial charge in [0.05, 0.1) is 6.10 Å². The maximum Gasteiger partial charge on any atom is 0.192 e. The van der Waals surface area contributed by atoms with Crippen LogP contribution in [0.25, 0.3) is 11.1 Å². The molecule has 1 aromatic carbocycles. The predicted molar refractivity (Wildman–Crippen MR) is 70.7 cm³/mol. The lowest BCUT2D eigenvalue weighted by atomic mass is 9.82. The van der Waals surface area contributed by atoms with E-state index in [1.54, 1.807) is 0 Å². The lowest BCUT2D eigenvalue weighted by Gasteiger charge is -2.25. The van der Waals surface area contributed by atoms with Crippen molar-refractivity contribution in [2.75, 3.05) is 0 Å². The SMILES string of the molecule is Cc1nc2c(C3CCC(O)CC3)ccc(C)c2o1. The highest BCUT2D eigenvalue weighted by Crippen LogP contribution is 2.37. The molecule has 2 aromatic rings. The van der Waals surface area contributed by atoms with E-state index in [4.69, 9.17) is 4.42 Å². The Bertz CT molecular complexity index is 565. The van der Waals surface area contributed by atoms with Crippen LogP contribution < -0.4 is 0 Å². The van der Waals surface area contributed by atoms with Gasteiger partial charge in [-0.2, -0.15) is 0 Å². The number of fused-ring (bicyclic) bond motifs is 1. The minimum atomic E-state index is -0.110. The molecule has 96 valence electrons. The van der Waals surface area contributed by atoms with Gasteiger partial charge < -0.3 is 9.52 Å². The summed E-state index contributed by atoms with van der Waals surface area (Å²) in [5.74, 6) is 1.25. The predicted octanol–water partition coefficient (Wildman–Crippen LogP) is 3.46. The van der Waals surface area contributed by atoms with Crippen molar-refractivity contribution in [2.45, 2.75) is 51.6 Å². The standard InChI is InChI=1S/C15H19NO2/c1-9-3-8-13(11-4-6-12(17)7-5-11)14-15(9)18-10(2)16-14/h3,8,11-12,17H,4-7H2,1-2H3. The molecule has 0 unspecified atom stereocenters. The number of aromatic nitrogens is 1. The lowest BCUT2D eigenvalue weighted by Crippen LogP contribution is -2.17. The van der Waals surface area contributed by atoms with Gasteiger partial charge in [0.15, 0.2) is 11.5 Å². The molecule has 3 rings (SSSR count). The molecule has 0 saturated heterocycles. The van der Waals surface area contributed by atoms with Crippen LogP contribution in [0.3, 0.4) is 0 Å². The lowest BCUT2D eigenvalue weighted by molar-refractivity contribution is 0.122. The maximum atomic E-state index is 9.60. The van der Waals surface area contributed by atoms with Crippen molar-refractivity contribution in [2.24, 2.45) is 0 Å². The van der Waals surface area contributed by atoms with Gasteiger partial charge in [0.25, 0.3) is 0 Å². The Kier molecular flexibility index (Phi) is 2.86. The van der Waals surface area contributed by atoms with Gasteiger partial charge in [-0.25, -0.2) is 4.98 Å². The Morgan fingerprint density at radius 1 is 1.17 bits per heavy atom. The summed E-state index contributed by atoms with van der Waals surface area (Å²) in [7, 11) is 0. The van der Waals surface area contributed by atoms with Crippen LogP contribution in [0.15, 0.2) is 16.5 Å². The summed E-state index contributed by atoms with van der Waals surface area (Å²) in [6, 6.07) is 4.30. The van der Waals surface area contributed by atoms with Crippen LogP contribution in [0.4, 0.5) is 0 Å². The summed E-state index contributed by atoms with van der Waals surface area (Å²) < 4.78 is 5.69. The highest BCUT2D eigenvalue weighted by molar-refractivity contribution is 5.80. The molecule has 0 bridgehead atoms. The molecule has 3 nitrogen and oxygen atoms in total. The quantitative estimate of drug-likeness (QED) is 0.836. The average molecular weight is 245 g/mol. The summed E-state index contributed by atoms with van der Waals surface area (Å²) in [5, 5.41) is 9.60. The first-order chi connectivity index (χ1) is 8.65. The molecule has 0 atom stereocenters. The van der Waals surface area contributed by atoms with Crippen molar-refractivity contribution in [3.05, 3.63) is 29.2 Å². The smallest absolute Gasteiger partial charge is 0.192 e. The molecular formula is C15H19NO2. The topological polar surface area (TPSA) is 46.3 Å². The molecule has 0 spiro atoms. The summed E-state index contributed by atoms with van der Waals surface area (Å²) in [4.78, 5) is 4.54. The second-order valence-electron chi connectivity index (χ2n) is 5.39. The largest absolute Gasteiger partial charge is 0.441 e. The molecule has 1 fully saturated rings. The Labute approximate surface area is 107 Å². The number of aryl methyl sites for hydroxylation is 2. The number of aliphatic hydroxyl groups excluding tert-OH is 1. The van der Waals surface area contributed by atoms with Gasteiger partial charge in [-0.15, -0.1) is 0 Å². The zero-order valence-corrected chi connectivity index (χ0v) is 10.9. The number of hydrogen-bond donors (Lipinski definition) is 1. The van der Waals surface area contributed by atoms with Crippen LogP contribution in [-0.4, -0.2) is 16.2 Å². The second kappa shape index (κ2) is 4.39. The monoisotopic (exact) mass is 245 g/mol. The van der Waals surface area contributed by atoms with Crippen LogP contribution >= 0.6 is 0 Å². The third-order valence-electron chi connectivity index (χ3n) is 4.02. The normalized spacial score (nSPS) is 24.6. The van der Waals surface area contributed by atoms with Gasteiger partial charge in [0, 0.05) is 6.92 Å². The number of nitrogens with zero attached hydrogens (tertiary/aromatic N) is 1. The van der Waals surface area contributed by atoms with E-state index in [1.807, 2.05) is 6.92 Å². The van der Waals surface area contributed by atoms with Crippen molar-refractivity contribution in [3.8, 4) is 0 Å². The van der Waals surface area contributed by atoms with Gasteiger partial charge in [-0.1, -0.05) is 12.1 Å². The van der Waals surface area contributed by atoms with E-state index in [0.717, 1.165) is 48.2 Å². The molecule has 1 N–H and O–H groups in total. The number of aliphatic hydroxyl groups is 1. The number of oxazole rings is 1. The second-order valence-corrected chi connectivity index (χ2v) is 5.39.